The maximum atomic E-state index is 12.7. The molecule has 1 fully saturated rings. The van der Waals surface area contributed by atoms with E-state index in [-0.39, 0.29) is 55.5 Å². The number of hydrogen-bond acceptors (Lipinski definition) is 11. The molecule has 0 aliphatic carbocycles. The summed E-state index contributed by atoms with van der Waals surface area (Å²) in [6, 6.07) is 0. The fourth-order valence-corrected chi connectivity index (χ4v) is 3.30. The molecule has 0 radical (unpaired) electrons. The summed E-state index contributed by atoms with van der Waals surface area (Å²) >= 11 is 0.904. The van der Waals surface area contributed by atoms with Gasteiger partial charge in [-0.15, -0.1) is 0 Å². The number of rotatable bonds is 3. The van der Waals surface area contributed by atoms with E-state index in [1.54, 1.807) is 0 Å². The van der Waals surface area contributed by atoms with Crippen molar-refractivity contribution >= 4 is 52.4 Å². The third-order valence-electron chi connectivity index (χ3n) is 4.41. The van der Waals surface area contributed by atoms with Crippen LogP contribution in [0.3, 0.4) is 0 Å². The molecule has 2 N–H and O–H groups in total. The lowest BCUT2D eigenvalue weighted by molar-refractivity contribution is -0.174. The van der Waals surface area contributed by atoms with Crippen LogP contribution in [0.5, 0.6) is 0 Å². The molecule has 0 bridgehead atoms. The van der Waals surface area contributed by atoms with E-state index in [0.717, 1.165) is 18.9 Å². The van der Waals surface area contributed by atoms with Gasteiger partial charge in [0.2, 0.25) is 5.91 Å². The summed E-state index contributed by atoms with van der Waals surface area (Å²) in [7, 11) is 0.997. The second-order valence-electron chi connectivity index (χ2n) is 7.75. The van der Waals surface area contributed by atoms with E-state index in [1.807, 2.05) is 0 Å². The number of hydrogen-bond donors (Lipinski definition) is 2. The van der Waals surface area contributed by atoms with Crippen molar-refractivity contribution in [3.05, 3.63) is 0 Å². The Morgan fingerprint density at radius 3 is 2.39 bits per heavy atom. The van der Waals surface area contributed by atoms with Crippen LogP contribution in [-0.4, -0.2) is 79.3 Å². The summed E-state index contributed by atoms with van der Waals surface area (Å²) in [5.41, 5.74) is -1.29. The summed E-state index contributed by atoms with van der Waals surface area (Å²) in [4.78, 5) is 83.5. The van der Waals surface area contributed by atoms with Gasteiger partial charge in [0.1, 0.15) is 12.4 Å². The zero-order valence-electron chi connectivity index (χ0n) is 18.7. The largest absolute Gasteiger partial charge is 0.461 e. The topological polar surface area (TPSA) is 171 Å². The first-order chi connectivity index (χ1) is 15.5. The fourth-order valence-electron chi connectivity index (χ4n) is 2.61. The van der Waals surface area contributed by atoms with Crippen LogP contribution in [0.15, 0.2) is 0 Å². The minimum atomic E-state index is -1.47. The second-order valence-corrected chi connectivity index (χ2v) is 8.91. The van der Waals surface area contributed by atoms with Crippen molar-refractivity contribution in [1.82, 2.24) is 10.6 Å². The van der Waals surface area contributed by atoms with Crippen LogP contribution in [0, 0.1) is 5.41 Å². The van der Waals surface area contributed by atoms with Gasteiger partial charge in [-0.05, 0) is 0 Å². The Labute approximate surface area is 194 Å². The van der Waals surface area contributed by atoms with Crippen molar-refractivity contribution in [2.75, 3.05) is 32.6 Å². The SMILES string of the molecule is COC(=O)C(=O)OCC(C)(C)[C@H]1OC(=O)CCC(=O)CC(=O)SCCNC(=O)CCNC1=O. The quantitative estimate of drug-likeness (QED) is 0.222. The lowest BCUT2D eigenvalue weighted by Gasteiger charge is -2.32. The average molecular weight is 489 g/mol. The van der Waals surface area contributed by atoms with Crippen LogP contribution in [-0.2, 0) is 47.8 Å². The number of nitrogens with one attached hydrogen (secondary N) is 2. The zero-order valence-corrected chi connectivity index (χ0v) is 19.5. The molecule has 1 heterocycles. The maximum absolute atomic E-state index is 12.7. The van der Waals surface area contributed by atoms with E-state index in [0.29, 0.717) is 0 Å². The van der Waals surface area contributed by atoms with E-state index in [9.17, 15) is 33.6 Å². The molecule has 33 heavy (non-hydrogen) atoms. The Balaban J connectivity index is 2.96. The lowest BCUT2D eigenvalue weighted by atomic mass is 9.86. The maximum Gasteiger partial charge on any atom is 0.417 e. The Morgan fingerprint density at radius 1 is 1.03 bits per heavy atom. The summed E-state index contributed by atoms with van der Waals surface area (Å²) in [6.45, 7) is 2.59. The van der Waals surface area contributed by atoms with Crippen molar-refractivity contribution in [3.8, 4) is 0 Å². The van der Waals surface area contributed by atoms with E-state index in [1.165, 1.54) is 13.8 Å². The van der Waals surface area contributed by atoms with E-state index in [4.69, 9.17) is 9.47 Å². The molecule has 12 nitrogen and oxygen atoms in total. The van der Waals surface area contributed by atoms with Crippen LogP contribution in [0.4, 0.5) is 0 Å². The minimum absolute atomic E-state index is 0.0681. The summed E-state index contributed by atoms with van der Waals surface area (Å²) in [5.74, 6) is -4.71. The van der Waals surface area contributed by atoms with Gasteiger partial charge >= 0.3 is 17.9 Å². The van der Waals surface area contributed by atoms with E-state index < -0.39 is 47.7 Å². The third kappa shape index (κ3) is 10.5. The number of ketones is 1. The predicted octanol–water partition coefficient (Wildman–Crippen LogP) is -0.724. The van der Waals surface area contributed by atoms with Crippen molar-refractivity contribution in [3.63, 3.8) is 0 Å². The number of thioether (sulfide) groups is 1. The highest BCUT2D eigenvalue weighted by molar-refractivity contribution is 8.13. The molecule has 2 amide bonds. The fraction of sp³-hybridized carbons (Fsp3) is 0.650. The van der Waals surface area contributed by atoms with Gasteiger partial charge in [0.25, 0.3) is 5.91 Å². The highest BCUT2D eigenvalue weighted by atomic mass is 32.2. The average Bonchev–Trinajstić information content (AvgIpc) is 2.76. The Kier molecular flexibility index (Phi) is 11.5. The normalized spacial score (nSPS) is 20.1. The Morgan fingerprint density at radius 2 is 1.73 bits per heavy atom. The molecule has 0 unspecified atom stereocenters. The number of carbonyl (C=O) groups excluding carboxylic acids is 7. The molecule has 13 heteroatoms. The molecular formula is C20H28N2O10S. The van der Waals surface area contributed by atoms with Crippen LogP contribution < -0.4 is 10.6 Å². The highest BCUT2D eigenvalue weighted by Gasteiger charge is 2.40. The number of methoxy groups -OCH3 is 1. The zero-order chi connectivity index (χ0) is 25.0. The van der Waals surface area contributed by atoms with Crippen molar-refractivity contribution in [2.24, 2.45) is 5.41 Å². The van der Waals surface area contributed by atoms with Gasteiger partial charge in [-0.1, -0.05) is 25.6 Å². The number of ether oxygens (including phenoxy) is 3. The molecule has 0 spiro atoms. The standard InChI is InChI=1S/C20H28N2O10S/c1-20(2,11-31-19(29)18(28)30-3)16-17(27)22-7-6-13(24)21-8-9-33-15(26)10-12(23)4-5-14(25)32-16/h16H,4-11H2,1-3H3,(H,21,24)(H,22,27)/t16-/m0/s1. The minimum Gasteiger partial charge on any atom is -0.461 e. The molecule has 0 saturated carbocycles. The highest BCUT2D eigenvalue weighted by Crippen LogP contribution is 2.25. The number of esters is 3. The van der Waals surface area contributed by atoms with E-state index >= 15 is 0 Å². The number of carbonyl (C=O) groups is 7. The molecule has 1 aliphatic heterocycles. The molecule has 0 aromatic heterocycles. The van der Waals surface area contributed by atoms with Gasteiger partial charge < -0.3 is 24.8 Å². The Hall–Kier alpha value is -2.96. The van der Waals surface area contributed by atoms with Crippen molar-refractivity contribution in [1.29, 1.82) is 0 Å². The van der Waals surface area contributed by atoms with Crippen LogP contribution in [0.25, 0.3) is 0 Å². The monoisotopic (exact) mass is 488 g/mol. The first-order valence-electron chi connectivity index (χ1n) is 10.1. The first kappa shape index (κ1) is 28.1. The van der Waals surface area contributed by atoms with Gasteiger partial charge in [0, 0.05) is 37.1 Å². The number of cyclic esters (lactones) is 1. The Bertz CT molecular complexity index is 796. The van der Waals surface area contributed by atoms with Crippen LogP contribution in [0.2, 0.25) is 0 Å². The van der Waals surface area contributed by atoms with Gasteiger partial charge in [-0.3, -0.25) is 24.0 Å². The lowest BCUT2D eigenvalue weighted by Crippen LogP contribution is -2.49. The third-order valence-corrected chi connectivity index (χ3v) is 5.29. The molecule has 1 atom stereocenters. The predicted molar refractivity (Wildman–Crippen MR) is 114 cm³/mol. The number of amides is 2. The first-order valence-corrected chi connectivity index (χ1v) is 11.1. The van der Waals surface area contributed by atoms with Crippen LogP contribution >= 0.6 is 11.8 Å². The molecule has 0 aromatic rings. The molecule has 0 aromatic carbocycles. The van der Waals surface area contributed by atoms with Crippen LogP contribution in [0.1, 0.15) is 39.5 Å². The molecule has 1 saturated heterocycles. The molecule has 1 rings (SSSR count). The smallest absolute Gasteiger partial charge is 0.417 e. The summed E-state index contributed by atoms with van der Waals surface area (Å²) < 4.78 is 14.4. The summed E-state index contributed by atoms with van der Waals surface area (Å²) in [6.07, 6.45) is -2.53. The molecule has 1 aliphatic rings. The van der Waals surface area contributed by atoms with Gasteiger partial charge in [0.15, 0.2) is 11.2 Å². The van der Waals surface area contributed by atoms with Crippen molar-refractivity contribution in [2.45, 2.75) is 45.6 Å². The van der Waals surface area contributed by atoms with Crippen molar-refractivity contribution < 1.29 is 47.8 Å². The van der Waals surface area contributed by atoms with Gasteiger partial charge in [-0.25, -0.2) is 9.59 Å². The molecule has 184 valence electrons. The van der Waals surface area contributed by atoms with Gasteiger partial charge in [-0.2, -0.15) is 0 Å². The second kappa shape index (κ2) is 13.6. The molecular weight excluding hydrogens is 460 g/mol. The number of Topliss-reactive ketones (excluding diaryl/α,β-unsaturated/α-hetero) is 1. The van der Waals surface area contributed by atoms with E-state index in [2.05, 4.69) is 15.4 Å². The summed E-state index contributed by atoms with van der Waals surface area (Å²) in [5, 5.41) is 4.69. The van der Waals surface area contributed by atoms with Gasteiger partial charge in [0.05, 0.1) is 20.0 Å².